The van der Waals surface area contributed by atoms with Gasteiger partial charge in [-0.2, -0.15) is 0 Å². The van der Waals surface area contributed by atoms with E-state index in [-0.39, 0.29) is 0 Å². The number of aliphatic hydroxyl groups excluding tert-OH is 1. The van der Waals surface area contributed by atoms with Gasteiger partial charge in [-0.15, -0.1) is 0 Å². The highest BCUT2D eigenvalue weighted by molar-refractivity contribution is 14.1. The first-order valence-electron chi connectivity index (χ1n) is 2.98. The average molecular weight is 226 g/mol. The van der Waals surface area contributed by atoms with Gasteiger partial charge in [-0.05, 0) is 17.8 Å². The molecule has 0 saturated heterocycles. The van der Waals surface area contributed by atoms with Crippen LogP contribution in [0.15, 0.2) is 0 Å². The van der Waals surface area contributed by atoms with Crippen molar-refractivity contribution in [2.45, 2.75) is 6.92 Å². The van der Waals surface area contributed by atoms with Crippen LogP contribution in [0.5, 0.6) is 0 Å². The van der Waals surface area contributed by atoms with Crippen molar-refractivity contribution in [2.75, 3.05) is 11.0 Å². The zero-order valence-electron chi connectivity index (χ0n) is 4.97. The topological polar surface area (TPSA) is 20.2 Å². The second-order valence-electron chi connectivity index (χ2n) is 2.52. The van der Waals surface area contributed by atoms with Crippen molar-refractivity contribution in [3.8, 4) is 0 Å². The Morgan fingerprint density at radius 1 is 1.50 bits per heavy atom. The first kappa shape index (κ1) is 6.81. The van der Waals surface area contributed by atoms with Crippen LogP contribution in [-0.4, -0.2) is 16.1 Å². The minimum atomic E-state index is 0.398. The van der Waals surface area contributed by atoms with Crippen LogP contribution in [0.25, 0.3) is 0 Å². The van der Waals surface area contributed by atoms with Gasteiger partial charge in [-0.3, -0.25) is 0 Å². The Morgan fingerprint density at radius 3 is 2.25 bits per heavy atom. The van der Waals surface area contributed by atoms with Crippen LogP contribution in [0.3, 0.4) is 0 Å². The molecular weight excluding hydrogens is 215 g/mol. The van der Waals surface area contributed by atoms with Gasteiger partial charge < -0.3 is 5.11 Å². The highest BCUT2D eigenvalue weighted by Crippen LogP contribution is 2.46. The molecule has 3 atom stereocenters. The molecular formula is C6H11IO. The summed E-state index contributed by atoms with van der Waals surface area (Å²) in [7, 11) is 0. The maximum absolute atomic E-state index is 8.67. The normalized spacial score (nSPS) is 44.6. The lowest BCUT2D eigenvalue weighted by atomic mass is 10.4. The molecule has 1 N–H and O–H groups in total. The first-order chi connectivity index (χ1) is 3.81. The van der Waals surface area contributed by atoms with E-state index in [9.17, 15) is 0 Å². The number of rotatable bonds is 2. The van der Waals surface area contributed by atoms with Crippen LogP contribution in [0.4, 0.5) is 0 Å². The van der Waals surface area contributed by atoms with Gasteiger partial charge in [0.2, 0.25) is 0 Å². The van der Waals surface area contributed by atoms with Gasteiger partial charge in [0, 0.05) is 11.0 Å². The molecule has 48 valence electrons. The maximum atomic E-state index is 8.67. The van der Waals surface area contributed by atoms with Crippen LogP contribution in [0, 0.1) is 17.8 Å². The molecule has 1 nitrogen and oxygen atoms in total. The predicted molar refractivity (Wildman–Crippen MR) is 42.1 cm³/mol. The number of hydrogen-bond acceptors (Lipinski definition) is 1. The maximum Gasteiger partial charge on any atom is 0.0464 e. The van der Waals surface area contributed by atoms with Crippen LogP contribution in [-0.2, 0) is 0 Å². The molecule has 1 saturated carbocycles. The minimum Gasteiger partial charge on any atom is -0.396 e. The summed E-state index contributed by atoms with van der Waals surface area (Å²) in [5.74, 6) is 2.24. The molecule has 2 heteroatoms. The van der Waals surface area contributed by atoms with Crippen molar-refractivity contribution in [2.24, 2.45) is 17.8 Å². The van der Waals surface area contributed by atoms with Crippen molar-refractivity contribution in [3.63, 3.8) is 0 Å². The van der Waals surface area contributed by atoms with Gasteiger partial charge in [-0.25, -0.2) is 0 Å². The van der Waals surface area contributed by atoms with Gasteiger partial charge in [0.25, 0.3) is 0 Å². The van der Waals surface area contributed by atoms with Crippen molar-refractivity contribution in [1.82, 2.24) is 0 Å². The summed E-state index contributed by atoms with van der Waals surface area (Å²) < 4.78 is 1.21. The minimum absolute atomic E-state index is 0.398. The monoisotopic (exact) mass is 226 g/mol. The number of alkyl halides is 1. The lowest BCUT2D eigenvalue weighted by Crippen LogP contribution is -1.88. The van der Waals surface area contributed by atoms with Crippen molar-refractivity contribution < 1.29 is 5.11 Å². The van der Waals surface area contributed by atoms with E-state index in [0.717, 1.165) is 11.8 Å². The lowest BCUT2D eigenvalue weighted by molar-refractivity contribution is 0.266. The van der Waals surface area contributed by atoms with Crippen molar-refractivity contribution in [3.05, 3.63) is 0 Å². The third kappa shape index (κ3) is 1.00. The average Bonchev–Trinajstić information content (AvgIpc) is 2.40. The van der Waals surface area contributed by atoms with Gasteiger partial charge >= 0.3 is 0 Å². The standard InChI is InChI=1S/C6H11IO/c1-4-5(2-7)6(4)3-8/h4-6,8H,2-3H2,1H3. The summed E-state index contributed by atoms with van der Waals surface area (Å²) in [6.07, 6.45) is 0. The molecule has 0 bridgehead atoms. The van der Waals surface area contributed by atoms with Gasteiger partial charge in [0.1, 0.15) is 0 Å². The Kier molecular flexibility index (Phi) is 2.14. The van der Waals surface area contributed by atoms with E-state index >= 15 is 0 Å². The van der Waals surface area contributed by atoms with E-state index in [1.807, 2.05) is 0 Å². The number of aliphatic hydroxyl groups is 1. The van der Waals surface area contributed by atoms with E-state index < -0.39 is 0 Å². The van der Waals surface area contributed by atoms with E-state index in [0.29, 0.717) is 12.5 Å². The van der Waals surface area contributed by atoms with Gasteiger partial charge in [0.05, 0.1) is 0 Å². The molecule has 8 heavy (non-hydrogen) atoms. The molecule has 1 aliphatic carbocycles. The van der Waals surface area contributed by atoms with E-state index in [4.69, 9.17) is 5.11 Å². The van der Waals surface area contributed by atoms with Gasteiger partial charge in [0.15, 0.2) is 0 Å². The Labute approximate surface area is 63.6 Å². The lowest BCUT2D eigenvalue weighted by Gasteiger charge is -1.83. The fourth-order valence-electron chi connectivity index (χ4n) is 1.19. The summed E-state index contributed by atoms with van der Waals surface area (Å²) in [6.45, 7) is 2.61. The summed E-state index contributed by atoms with van der Waals surface area (Å²) in [5, 5.41) is 8.67. The van der Waals surface area contributed by atoms with Crippen LogP contribution in [0.2, 0.25) is 0 Å². The van der Waals surface area contributed by atoms with Crippen molar-refractivity contribution in [1.29, 1.82) is 0 Å². The molecule has 0 heterocycles. The zero-order valence-corrected chi connectivity index (χ0v) is 7.13. The van der Waals surface area contributed by atoms with Crippen LogP contribution in [0.1, 0.15) is 6.92 Å². The summed E-state index contributed by atoms with van der Waals surface area (Å²) in [6, 6.07) is 0. The smallest absolute Gasteiger partial charge is 0.0464 e. The predicted octanol–water partition coefficient (Wildman–Crippen LogP) is 1.30. The first-order valence-corrected chi connectivity index (χ1v) is 4.50. The van der Waals surface area contributed by atoms with E-state index in [2.05, 4.69) is 29.5 Å². The van der Waals surface area contributed by atoms with Crippen LogP contribution >= 0.6 is 22.6 Å². The SMILES string of the molecule is CC1C(CO)C1CI. The van der Waals surface area contributed by atoms with Crippen molar-refractivity contribution >= 4 is 22.6 Å². The summed E-state index contributed by atoms with van der Waals surface area (Å²) in [5.41, 5.74) is 0. The molecule has 0 aromatic rings. The largest absolute Gasteiger partial charge is 0.396 e. The number of hydrogen-bond donors (Lipinski definition) is 1. The molecule has 0 aromatic heterocycles. The fourth-order valence-corrected chi connectivity index (χ4v) is 2.65. The highest BCUT2D eigenvalue weighted by Gasteiger charge is 2.44. The molecule has 0 amide bonds. The molecule has 1 fully saturated rings. The molecule has 0 radical (unpaired) electrons. The molecule has 3 unspecified atom stereocenters. The molecule has 1 aliphatic rings. The van der Waals surface area contributed by atoms with E-state index in [1.54, 1.807) is 0 Å². The second-order valence-corrected chi connectivity index (χ2v) is 3.40. The van der Waals surface area contributed by atoms with Crippen LogP contribution < -0.4 is 0 Å². The second kappa shape index (κ2) is 2.52. The third-order valence-electron chi connectivity index (χ3n) is 2.15. The Balaban J connectivity index is 2.23. The highest BCUT2D eigenvalue weighted by atomic mass is 127. The number of halogens is 1. The Bertz CT molecular complexity index is 74.6. The molecule has 0 aromatic carbocycles. The fraction of sp³-hybridized carbons (Fsp3) is 1.00. The molecule has 1 rings (SSSR count). The summed E-state index contributed by atoms with van der Waals surface area (Å²) >= 11 is 2.38. The quantitative estimate of drug-likeness (QED) is 0.555. The zero-order chi connectivity index (χ0) is 6.15. The molecule has 0 spiro atoms. The Morgan fingerprint density at radius 2 is 2.12 bits per heavy atom. The van der Waals surface area contributed by atoms with Gasteiger partial charge in [-0.1, -0.05) is 29.5 Å². The summed E-state index contributed by atoms with van der Waals surface area (Å²) in [4.78, 5) is 0. The van der Waals surface area contributed by atoms with E-state index in [1.165, 1.54) is 4.43 Å². The third-order valence-corrected chi connectivity index (χ3v) is 3.17. The molecule has 0 aliphatic heterocycles. The Hall–Kier alpha value is 0.690.